The fraction of sp³-hybridized carbons (Fsp3) is 0.0476. The maximum absolute atomic E-state index is 12.8. The lowest BCUT2D eigenvalue weighted by Gasteiger charge is -2.06. The summed E-state index contributed by atoms with van der Waals surface area (Å²) in [6.07, 6.45) is 5.57. The highest BCUT2D eigenvalue weighted by Gasteiger charge is 2.14. The molecule has 3 rings (SSSR count). The number of carboxylic acid groups (broad SMARTS) is 1. The fourth-order valence-electron chi connectivity index (χ4n) is 2.59. The van der Waals surface area contributed by atoms with Crippen molar-refractivity contribution in [2.45, 2.75) is 6.42 Å². The maximum Gasteiger partial charge on any atom is 0.335 e. The Morgan fingerprint density at radius 3 is 2.56 bits per heavy atom. The highest BCUT2D eigenvalue weighted by atomic mass is 16.4. The molecule has 0 aliphatic carbocycles. The molecule has 0 bridgehead atoms. The molecule has 0 atom stereocenters. The monoisotopic (exact) mass is 332 g/mol. The van der Waals surface area contributed by atoms with Crippen LogP contribution in [-0.4, -0.2) is 11.1 Å². The third kappa shape index (κ3) is 3.43. The van der Waals surface area contributed by atoms with Crippen LogP contribution in [0.4, 0.5) is 0 Å². The lowest BCUT2D eigenvalue weighted by atomic mass is 10.0. The van der Waals surface area contributed by atoms with Crippen molar-refractivity contribution in [1.29, 1.82) is 0 Å². The van der Waals surface area contributed by atoms with E-state index in [4.69, 9.17) is 9.52 Å². The second-order valence-electron chi connectivity index (χ2n) is 5.53. The van der Waals surface area contributed by atoms with Gasteiger partial charge < -0.3 is 9.52 Å². The van der Waals surface area contributed by atoms with Crippen molar-refractivity contribution in [3.05, 3.63) is 93.9 Å². The van der Waals surface area contributed by atoms with Gasteiger partial charge in [0.1, 0.15) is 11.3 Å². The minimum absolute atomic E-state index is 0.0527. The van der Waals surface area contributed by atoms with Crippen molar-refractivity contribution < 1.29 is 14.3 Å². The normalized spacial score (nSPS) is 11.0. The molecule has 0 amide bonds. The molecule has 0 unspecified atom stereocenters. The summed E-state index contributed by atoms with van der Waals surface area (Å²) in [7, 11) is 0. The molecule has 0 radical (unpaired) electrons. The lowest BCUT2D eigenvalue weighted by Crippen LogP contribution is -2.11. The Bertz CT molecular complexity index is 1030. The predicted molar refractivity (Wildman–Crippen MR) is 98.7 cm³/mol. The largest absolute Gasteiger partial charge is 0.478 e. The van der Waals surface area contributed by atoms with E-state index in [1.54, 1.807) is 12.2 Å². The van der Waals surface area contributed by atoms with E-state index < -0.39 is 5.97 Å². The number of carbonyl (C=O) groups is 1. The van der Waals surface area contributed by atoms with Gasteiger partial charge in [0.05, 0.1) is 10.9 Å². The quantitative estimate of drug-likeness (QED) is 0.704. The first-order chi connectivity index (χ1) is 12.1. The zero-order valence-electron chi connectivity index (χ0n) is 13.4. The first-order valence-electron chi connectivity index (χ1n) is 7.77. The molecule has 2 aromatic carbocycles. The standard InChI is InChI=1S/C21H16O4/c1-2-6-16-18(11-9-14-7-4-3-5-8-14)25-19-12-10-15(21(23)24)13-17(19)20(16)22/h2-5,7-13H,1,6H2,(H,23,24). The topological polar surface area (TPSA) is 67.5 Å². The Kier molecular flexibility index (Phi) is 4.61. The van der Waals surface area contributed by atoms with Gasteiger partial charge in [0, 0.05) is 5.56 Å². The van der Waals surface area contributed by atoms with E-state index in [0.29, 0.717) is 23.3 Å². The first kappa shape index (κ1) is 16.5. The van der Waals surface area contributed by atoms with E-state index in [9.17, 15) is 9.59 Å². The summed E-state index contributed by atoms with van der Waals surface area (Å²) in [5.74, 6) is -0.635. The summed E-state index contributed by atoms with van der Waals surface area (Å²) in [5, 5.41) is 9.37. The van der Waals surface area contributed by atoms with Crippen molar-refractivity contribution in [3.8, 4) is 0 Å². The van der Waals surface area contributed by atoms with Crippen LogP contribution in [0.3, 0.4) is 0 Å². The third-order valence-electron chi connectivity index (χ3n) is 3.84. The smallest absolute Gasteiger partial charge is 0.335 e. The summed E-state index contributed by atoms with van der Waals surface area (Å²) in [4.78, 5) is 23.9. The lowest BCUT2D eigenvalue weighted by molar-refractivity contribution is 0.0697. The highest BCUT2D eigenvalue weighted by molar-refractivity contribution is 5.93. The number of aromatic carboxylic acids is 1. The van der Waals surface area contributed by atoms with Gasteiger partial charge in [-0.25, -0.2) is 4.79 Å². The third-order valence-corrected chi connectivity index (χ3v) is 3.84. The second kappa shape index (κ2) is 7.01. The van der Waals surface area contributed by atoms with E-state index in [2.05, 4.69) is 6.58 Å². The molecular formula is C21H16O4. The molecule has 1 heterocycles. The first-order valence-corrected chi connectivity index (χ1v) is 7.77. The molecule has 0 saturated carbocycles. The molecule has 124 valence electrons. The van der Waals surface area contributed by atoms with Crippen LogP contribution < -0.4 is 5.43 Å². The van der Waals surface area contributed by atoms with E-state index in [0.717, 1.165) is 5.56 Å². The zero-order valence-corrected chi connectivity index (χ0v) is 13.4. The summed E-state index contributed by atoms with van der Waals surface area (Å²) >= 11 is 0. The van der Waals surface area contributed by atoms with Crippen LogP contribution in [-0.2, 0) is 6.42 Å². The van der Waals surface area contributed by atoms with Gasteiger partial charge in [0.25, 0.3) is 0 Å². The Labute approximate surface area is 144 Å². The van der Waals surface area contributed by atoms with Crippen molar-refractivity contribution >= 4 is 29.1 Å². The maximum atomic E-state index is 12.8. The number of benzene rings is 2. The summed E-state index contributed by atoms with van der Waals surface area (Å²) in [6, 6.07) is 14.0. The average molecular weight is 332 g/mol. The zero-order chi connectivity index (χ0) is 17.8. The molecule has 3 aromatic rings. The summed E-state index contributed by atoms with van der Waals surface area (Å²) < 4.78 is 5.86. The van der Waals surface area contributed by atoms with E-state index in [1.807, 2.05) is 36.4 Å². The number of hydrogen-bond donors (Lipinski definition) is 1. The highest BCUT2D eigenvalue weighted by Crippen LogP contribution is 2.20. The minimum Gasteiger partial charge on any atom is -0.478 e. The van der Waals surface area contributed by atoms with Gasteiger partial charge in [-0.3, -0.25) is 4.79 Å². The number of allylic oxidation sites excluding steroid dienone is 1. The van der Waals surface area contributed by atoms with Gasteiger partial charge in [-0.2, -0.15) is 0 Å². The van der Waals surface area contributed by atoms with Gasteiger partial charge in [-0.1, -0.05) is 42.5 Å². The Morgan fingerprint density at radius 1 is 1.12 bits per heavy atom. The van der Waals surface area contributed by atoms with Crippen molar-refractivity contribution in [1.82, 2.24) is 0 Å². The molecule has 4 nitrogen and oxygen atoms in total. The molecule has 0 spiro atoms. The number of carboxylic acids is 1. The molecule has 4 heteroatoms. The van der Waals surface area contributed by atoms with Gasteiger partial charge >= 0.3 is 5.97 Å². The van der Waals surface area contributed by atoms with Crippen LogP contribution >= 0.6 is 0 Å². The fourth-order valence-corrected chi connectivity index (χ4v) is 2.59. The van der Waals surface area contributed by atoms with Gasteiger partial charge in [0.2, 0.25) is 0 Å². The van der Waals surface area contributed by atoms with Gasteiger partial charge in [-0.15, -0.1) is 6.58 Å². The molecule has 1 aromatic heterocycles. The number of fused-ring (bicyclic) bond motifs is 1. The number of hydrogen-bond acceptors (Lipinski definition) is 3. The van der Waals surface area contributed by atoms with E-state index in [-0.39, 0.29) is 16.4 Å². The van der Waals surface area contributed by atoms with Crippen molar-refractivity contribution in [2.24, 2.45) is 0 Å². The number of rotatable bonds is 5. The van der Waals surface area contributed by atoms with Crippen molar-refractivity contribution in [3.63, 3.8) is 0 Å². The Balaban J connectivity index is 2.17. The molecule has 0 aliphatic heterocycles. The molecule has 1 N–H and O–H groups in total. The second-order valence-corrected chi connectivity index (χ2v) is 5.53. The van der Waals surface area contributed by atoms with Gasteiger partial charge in [-0.05, 0) is 36.3 Å². The van der Waals surface area contributed by atoms with Crippen molar-refractivity contribution in [2.75, 3.05) is 0 Å². The van der Waals surface area contributed by atoms with Crippen LogP contribution in [0.5, 0.6) is 0 Å². The van der Waals surface area contributed by atoms with Crippen LogP contribution in [0.1, 0.15) is 27.2 Å². The average Bonchev–Trinajstić information content (AvgIpc) is 2.63. The molecule has 0 aliphatic rings. The molecule has 0 saturated heterocycles. The predicted octanol–water partition coefficient (Wildman–Crippen LogP) is 4.39. The molecular weight excluding hydrogens is 316 g/mol. The van der Waals surface area contributed by atoms with E-state index in [1.165, 1.54) is 18.2 Å². The van der Waals surface area contributed by atoms with Crippen LogP contribution in [0, 0.1) is 0 Å². The molecule has 25 heavy (non-hydrogen) atoms. The van der Waals surface area contributed by atoms with Gasteiger partial charge in [0.15, 0.2) is 5.43 Å². The van der Waals surface area contributed by atoms with Crippen LogP contribution in [0.2, 0.25) is 0 Å². The SMILES string of the molecule is C=CCc1c(C=Cc2ccccc2)oc2ccc(C(=O)O)cc2c1=O. The molecule has 0 fully saturated rings. The summed E-state index contributed by atoms with van der Waals surface area (Å²) in [5.41, 5.74) is 1.61. The minimum atomic E-state index is -1.08. The van der Waals surface area contributed by atoms with E-state index >= 15 is 0 Å². The van der Waals surface area contributed by atoms with Crippen LogP contribution in [0.25, 0.3) is 23.1 Å². The summed E-state index contributed by atoms with van der Waals surface area (Å²) in [6.45, 7) is 3.68. The Morgan fingerprint density at radius 2 is 1.88 bits per heavy atom. The Hall–Kier alpha value is -3.40. The van der Waals surface area contributed by atoms with Crippen LogP contribution in [0.15, 0.2) is 70.4 Å².